The van der Waals surface area contributed by atoms with Gasteiger partial charge < -0.3 is 20.6 Å². The molecule has 1 aromatic heterocycles. The zero-order chi connectivity index (χ0) is 21.3. The van der Waals surface area contributed by atoms with Gasteiger partial charge in [-0.1, -0.05) is 24.3 Å². The van der Waals surface area contributed by atoms with E-state index >= 15 is 0 Å². The molecule has 158 valence electrons. The van der Waals surface area contributed by atoms with Crippen LogP contribution in [-0.2, 0) is 20.9 Å². The van der Waals surface area contributed by atoms with Crippen LogP contribution in [0.2, 0.25) is 0 Å². The zero-order valence-corrected chi connectivity index (χ0v) is 17.4. The number of carbonyl (C=O) groups is 3. The number of aliphatic hydroxyl groups excluding tert-OH is 1. The number of rotatable bonds is 5. The summed E-state index contributed by atoms with van der Waals surface area (Å²) in [6, 6.07) is 6.56. The van der Waals surface area contributed by atoms with Gasteiger partial charge in [0.05, 0.1) is 22.2 Å². The van der Waals surface area contributed by atoms with Crippen LogP contribution in [0.25, 0.3) is 10.4 Å². The van der Waals surface area contributed by atoms with E-state index in [2.05, 4.69) is 15.6 Å². The summed E-state index contributed by atoms with van der Waals surface area (Å²) in [6.45, 7) is 2.40. The van der Waals surface area contributed by atoms with Crippen molar-refractivity contribution in [1.82, 2.24) is 20.5 Å². The molecule has 4 rings (SSSR count). The van der Waals surface area contributed by atoms with Crippen molar-refractivity contribution in [3.8, 4) is 10.4 Å². The number of aryl methyl sites for hydroxylation is 1. The van der Waals surface area contributed by atoms with Crippen LogP contribution in [0, 0.1) is 6.92 Å². The molecule has 9 heteroatoms. The molecule has 0 saturated carbocycles. The lowest BCUT2D eigenvalue weighted by Gasteiger charge is -2.26. The Morgan fingerprint density at radius 2 is 2.10 bits per heavy atom. The number of nitrogens with one attached hydrogen (secondary N) is 2. The van der Waals surface area contributed by atoms with Crippen LogP contribution in [0.1, 0.15) is 30.5 Å². The molecular weight excluding hydrogens is 404 g/mol. The SMILES string of the molecule is Cc1ncsc1-c1ccc(CNC(=O)[C@@H]2C[C@@H](O)CN2C(=O)[C@@H]2CCC(=O)N2)cc1. The molecule has 3 N–H and O–H groups in total. The third-order valence-corrected chi connectivity index (χ3v) is 6.56. The van der Waals surface area contributed by atoms with Crippen LogP contribution in [0.4, 0.5) is 0 Å². The van der Waals surface area contributed by atoms with Crippen molar-refractivity contribution >= 4 is 29.1 Å². The maximum absolute atomic E-state index is 12.7. The number of thiazole rings is 1. The van der Waals surface area contributed by atoms with Gasteiger partial charge in [-0.3, -0.25) is 14.4 Å². The Balaban J connectivity index is 1.37. The van der Waals surface area contributed by atoms with Gasteiger partial charge in [-0.2, -0.15) is 0 Å². The van der Waals surface area contributed by atoms with E-state index < -0.39 is 18.2 Å². The Kier molecular flexibility index (Phi) is 5.83. The van der Waals surface area contributed by atoms with Crippen molar-refractivity contribution in [2.45, 2.75) is 50.9 Å². The summed E-state index contributed by atoms with van der Waals surface area (Å²) in [5.41, 5.74) is 4.83. The van der Waals surface area contributed by atoms with Gasteiger partial charge in [-0.25, -0.2) is 4.98 Å². The van der Waals surface area contributed by atoms with Gasteiger partial charge in [0.25, 0.3) is 0 Å². The van der Waals surface area contributed by atoms with Crippen LogP contribution in [-0.4, -0.2) is 57.4 Å². The van der Waals surface area contributed by atoms with Crippen molar-refractivity contribution in [2.75, 3.05) is 6.54 Å². The van der Waals surface area contributed by atoms with Crippen LogP contribution in [0.15, 0.2) is 29.8 Å². The smallest absolute Gasteiger partial charge is 0.245 e. The van der Waals surface area contributed by atoms with Gasteiger partial charge in [0.2, 0.25) is 17.7 Å². The number of hydrogen-bond donors (Lipinski definition) is 3. The van der Waals surface area contributed by atoms with E-state index in [9.17, 15) is 19.5 Å². The number of β-amino-alcohol motifs (C(OH)–C–C–N with tert-alkyl or cyclic N) is 1. The third-order valence-electron chi connectivity index (χ3n) is 5.59. The summed E-state index contributed by atoms with van der Waals surface area (Å²) in [5.74, 6) is -0.764. The van der Waals surface area contributed by atoms with E-state index in [1.807, 2.05) is 36.7 Å². The fraction of sp³-hybridized carbons (Fsp3) is 0.429. The Bertz CT molecular complexity index is 958. The number of hydrogen-bond acceptors (Lipinski definition) is 6. The lowest BCUT2D eigenvalue weighted by Crippen LogP contribution is -2.51. The molecule has 0 radical (unpaired) electrons. The minimum atomic E-state index is -0.747. The Hall–Kier alpha value is -2.78. The first-order chi connectivity index (χ1) is 14.4. The molecule has 8 nitrogen and oxygen atoms in total. The van der Waals surface area contributed by atoms with Crippen molar-refractivity contribution in [3.05, 3.63) is 41.0 Å². The van der Waals surface area contributed by atoms with Gasteiger partial charge in [-0.05, 0) is 24.5 Å². The zero-order valence-electron chi connectivity index (χ0n) is 16.6. The summed E-state index contributed by atoms with van der Waals surface area (Å²) in [6.07, 6.45) is 0.177. The predicted molar refractivity (Wildman–Crippen MR) is 111 cm³/mol. The number of likely N-dealkylation sites (tertiary alicyclic amines) is 1. The molecule has 0 unspecified atom stereocenters. The van der Waals surface area contributed by atoms with Gasteiger partial charge >= 0.3 is 0 Å². The predicted octanol–water partition coefficient (Wildman–Crippen LogP) is 0.975. The quantitative estimate of drug-likeness (QED) is 0.657. The fourth-order valence-electron chi connectivity index (χ4n) is 3.97. The largest absolute Gasteiger partial charge is 0.391 e. The second kappa shape index (κ2) is 8.53. The molecule has 0 spiro atoms. The van der Waals surface area contributed by atoms with Crippen molar-refractivity contribution in [3.63, 3.8) is 0 Å². The van der Waals surface area contributed by atoms with E-state index in [0.717, 1.165) is 21.7 Å². The highest BCUT2D eigenvalue weighted by Crippen LogP contribution is 2.27. The summed E-state index contributed by atoms with van der Waals surface area (Å²) in [5, 5.41) is 15.5. The molecule has 2 fully saturated rings. The number of benzene rings is 1. The molecule has 3 heterocycles. The average Bonchev–Trinajstić information content (AvgIpc) is 3.46. The second-order valence-corrected chi connectivity index (χ2v) is 8.59. The standard InChI is InChI=1S/C21H24N4O4S/c1-12-19(30-11-23-12)14-4-2-13(3-5-14)9-22-20(28)17-8-15(26)10-25(17)21(29)16-6-7-18(27)24-16/h2-5,11,15-17,26H,6-10H2,1H3,(H,22,28)(H,24,27)/t15-,16+,17+/m1/s1. The van der Waals surface area contributed by atoms with Crippen LogP contribution in [0.5, 0.6) is 0 Å². The molecule has 3 atom stereocenters. The van der Waals surface area contributed by atoms with E-state index in [0.29, 0.717) is 19.4 Å². The molecule has 3 amide bonds. The first-order valence-electron chi connectivity index (χ1n) is 9.97. The number of carbonyl (C=O) groups excluding carboxylic acids is 3. The van der Waals surface area contributed by atoms with Gasteiger partial charge in [0.1, 0.15) is 12.1 Å². The minimum Gasteiger partial charge on any atom is -0.391 e. The highest BCUT2D eigenvalue weighted by atomic mass is 32.1. The minimum absolute atomic E-state index is 0.103. The normalized spacial score (nSPS) is 23.5. The lowest BCUT2D eigenvalue weighted by atomic mass is 10.1. The van der Waals surface area contributed by atoms with Crippen molar-refractivity contribution < 1.29 is 19.5 Å². The molecule has 30 heavy (non-hydrogen) atoms. The first-order valence-corrected chi connectivity index (χ1v) is 10.9. The van der Waals surface area contributed by atoms with Gasteiger partial charge in [0.15, 0.2) is 0 Å². The summed E-state index contributed by atoms with van der Waals surface area (Å²) in [7, 11) is 0. The second-order valence-electron chi connectivity index (χ2n) is 7.74. The topological polar surface area (TPSA) is 112 Å². The first kappa shape index (κ1) is 20.5. The molecular formula is C21H24N4O4S. The molecule has 0 aliphatic carbocycles. The number of aromatic nitrogens is 1. The Morgan fingerprint density at radius 1 is 1.33 bits per heavy atom. The summed E-state index contributed by atoms with van der Waals surface area (Å²) >= 11 is 1.59. The van der Waals surface area contributed by atoms with Crippen molar-refractivity contribution in [1.29, 1.82) is 0 Å². The lowest BCUT2D eigenvalue weighted by molar-refractivity contribution is -0.140. The van der Waals surface area contributed by atoms with Crippen LogP contribution in [0.3, 0.4) is 0 Å². The number of aliphatic hydroxyl groups is 1. The Labute approximate surface area is 178 Å². The third kappa shape index (κ3) is 4.22. The van der Waals surface area contributed by atoms with E-state index in [4.69, 9.17) is 0 Å². The number of nitrogens with zero attached hydrogens (tertiary/aromatic N) is 2. The van der Waals surface area contributed by atoms with Crippen LogP contribution < -0.4 is 10.6 Å². The van der Waals surface area contributed by atoms with E-state index in [-0.39, 0.29) is 30.7 Å². The summed E-state index contributed by atoms with van der Waals surface area (Å²) < 4.78 is 0. The molecule has 2 aliphatic rings. The van der Waals surface area contributed by atoms with E-state index in [1.165, 1.54) is 4.90 Å². The maximum Gasteiger partial charge on any atom is 0.245 e. The molecule has 2 aliphatic heterocycles. The van der Waals surface area contributed by atoms with Gasteiger partial charge in [-0.15, -0.1) is 11.3 Å². The van der Waals surface area contributed by atoms with E-state index in [1.54, 1.807) is 11.3 Å². The summed E-state index contributed by atoms with van der Waals surface area (Å²) in [4.78, 5) is 43.7. The Morgan fingerprint density at radius 3 is 2.73 bits per heavy atom. The molecule has 2 aromatic rings. The number of amides is 3. The highest BCUT2D eigenvalue weighted by molar-refractivity contribution is 7.13. The highest BCUT2D eigenvalue weighted by Gasteiger charge is 2.42. The molecule has 1 aromatic carbocycles. The maximum atomic E-state index is 12.7. The van der Waals surface area contributed by atoms with Gasteiger partial charge in [0, 0.05) is 25.9 Å². The van der Waals surface area contributed by atoms with Crippen LogP contribution >= 0.6 is 11.3 Å². The fourth-order valence-corrected chi connectivity index (χ4v) is 4.78. The molecule has 2 saturated heterocycles. The van der Waals surface area contributed by atoms with Crippen molar-refractivity contribution in [2.24, 2.45) is 0 Å². The average molecular weight is 429 g/mol. The monoisotopic (exact) mass is 428 g/mol. The molecule has 0 bridgehead atoms.